The van der Waals surface area contributed by atoms with Gasteiger partial charge < -0.3 is 10.0 Å². The van der Waals surface area contributed by atoms with Crippen molar-refractivity contribution in [2.75, 3.05) is 13.6 Å². The topological polar surface area (TPSA) is 40.5 Å². The largest absolute Gasteiger partial charge is 0.507 e. The van der Waals surface area contributed by atoms with Crippen LogP contribution in [0.25, 0.3) is 0 Å². The second-order valence-electron chi connectivity index (χ2n) is 5.11. The van der Waals surface area contributed by atoms with E-state index in [-0.39, 0.29) is 17.1 Å². The zero-order valence-corrected chi connectivity index (χ0v) is 12.1. The highest BCUT2D eigenvalue weighted by molar-refractivity contribution is 6.31. The molecule has 0 aliphatic heterocycles. The number of ketones is 1. The van der Waals surface area contributed by atoms with Gasteiger partial charge in [0.15, 0.2) is 5.78 Å². The first-order valence-electron chi connectivity index (χ1n) is 6.02. The Morgan fingerprint density at radius 2 is 2.06 bits per heavy atom. The third-order valence-electron chi connectivity index (χ3n) is 2.65. The van der Waals surface area contributed by atoms with Crippen molar-refractivity contribution in [3.63, 3.8) is 0 Å². The first kappa shape index (κ1) is 15.0. The van der Waals surface area contributed by atoms with Gasteiger partial charge in [0.05, 0.1) is 5.56 Å². The Balaban J connectivity index is 2.98. The van der Waals surface area contributed by atoms with Crippen molar-refractivity contribution in [3.8, 4) is 5.75 Å². The fraction of sp³-hybridized carbons (Fsp3) is 0.500. The first-order valence-corrected chi connectivity index (χ1v) is 6.40. The molecular formula is C14H20ClNO2. The summed E-state index contributed by atoms with van der Waals surface area (Å²) in [7, 11) is 1.98. The molecule has 0 bridgehead atoms. The van der Waals surface area contributed by atoms with E-state index in [4.69, 9.17) is 11.6 Å². The maximum absolute atomic E-state index is 11.4. The van der Waals surface area contributed by atoms with Gasteiger partial charge in [-0.25, -0.2) is 0 Å². The molecule has 4 heteroatoms. The number of carbonyl (C=O) groups excluding carboxylic acids is 1. The summed E-state index contributed by atoms with van der Waals surface area (Å²) in [5.74, 6) is 0.411. The van der Waals surface area contributed by atoms with Gasteiger partial charge in [0.2, 0.25) is 0 Å². The van der Waals surface area contributed by atoms with E-state index in [9.17, 15) is 9.90 Å². The minimum absolute atomic E-state index is 0.0440. The number of benzene rings is 1. The van der Waals surface area contributed by atoms with E-state index in [1.165, 1.54) is 13.0 Å². The summed E-state index contributed by atoms with van der Waals surface area (Å²) in [6, 6.07) is 3.21. The Morgan fingerprint density at radius 1 is 1.44 bits per heavy atom. The Morgan fingerprint density at radius 3 is 2.56 bits per heavy atom. The summed E-state index contributed by atoms with van der Waals surface area (Å²) in [5, 5.41) is 10.5. The number of nitrogens with zero attached hydrogens (tertiary/aromatic N) is 1. The van der Waals surface area contributed by atoms with E-state index < -0.39 is 0 Å². The lowest BCUT2D eigenvalue weighted by Crippen LogP contribution is -2.22. The van der Waals surface area contributed by atoms with E-state index in [0.717, 1.165) is 6.54 Å². The second kappa shape index (κ2) is 6.21. The van der Waals surface area contributed by atoms with Crippen LogP contribution in [0.3, 0.4) is 0 Å². The summed E-state index contributed by atoms with van der Waals surface area (Å²) in [6.07, 6.45) is 0. The van der Waals surface area contributed by atoms with Crippen LogP contribution < -0.4 is 0 Å². The fourth-order valence-electron chi connectivity index (χ4n) is 2.02. The minimum atomic E-state index is -0.178. The van der Waals surface area contributed by atoms with Gasteiger partial charge in [0.1, 0.15) is 5.75 Å². The van der Waals surface area contributed by atoms with Gasteiger partial charge in [0.25, 0.3) is 0 Å². The van der Waals surface area contributed by atoms with E-state index in [1.807, 2.05) is 7.05 Å². The van der Waals surface area contributed by atoms with Gasteiger partial charge in [-0.05, 0) is 32.0 Å². The molecule has 0 saturated heterocycles. The lowest BCUT2D eigenvalue weighted by atomic mass is 10.1. The molecule has 0 atom stereocenters. The molecule has 0 heterocycles. The monoisotopic (exact) mass is 269 g/mol. The number of rotatable bonds is 5. The molecule has 100 valence electrons. The molecule has 1 N–H and O–H groups in total. The number of phenols is 1. The van der Waals surface area contributed by atoms with Crippen molar-refractivity contribution < 1.29 is 9.90 Å². The Kier molecular flexibility index (Phi) is 5.17. The molecule has 1 aromatic carbocycles. The molecule has 1 aromatic rings. The standard InChI is InChI=1S/C14H20ClNO2/c1-9(2)7-16(4)8-11-5-12(15)6-13(10(3)17)14(11)18/h5-6,9,18H,7-8H2,1-4H3. The van der Waals surface area contributed by atoms with Crippen LogP contribution >= 0.6 is 11.6 Å². The predicted molar refractivity (Wildman–Crippen MR) is 74.3 cm³/mol. The predicted octanol–water partition coefficient (Wildman–Crippen LogP) is 3.34. The molecule has 0 spiro atoms. The average molecular weight is 270 g/mol. The van der Waals surface area contributed by atoms with Crippen LogP contribution in [-0.4, -0.2) is 29.4 Å². The molecule has 0 amide bonds. The number of carbonyl (C=O) groups is 1. The Bertz CT molecular complexity index is 444. The molecule has 18 heavy (non-hydrogen) atoms. The van der Waals surface area contributed by atoms with Crippen LogP contribution in [-0.2, 0) is 6.54 Å². The highest BCUT2D eigenvalue weighted by Gasteiger charge is 2.14. The number of hydrogen-bond donors (Lipinski definition) is 1. The van der Waals surface area contributed by atoms with Crippen LogP contribution in [0.5, 0.6) is 5.75 Å². The number of hydrogen-bond acceptors (Lipinski definition) is 3. The molecular weight excluding hydrogens is 250 g/mol. The summed E-state index contributed by atoms with van der Waals surface area (Å²) in [6.45, 7) is 7.18. The third-order valence-corrected chi connectivity index (χ3v) is 2.87. The third kappa shape index (κ3) is 4.00. The molecule has 0 radical (unpaired) electrons. The highest BCUT2D eigenvalue weighted by atomic mass is 35.5. The molecule has 3 nitrogen and oxygen atoms in total. The Labute approximate surface area is 113 Å². The van der Waals surface area contributed by atoms with E-state index in [0.29, 0.717) is 23.0 Å². The lowest BCUT2D eigenvalue weighted by molar-refractivity contribution is 0.101. The van der Waals surface area contributed by atoms with Gasteiger partial charge in [-0.2, -0.15) is 0 Å². The fourth-order valence-corrected chi connectivity index (χ4v) is 2.26. The van der Waals surface area contributed by atoms with E-state index >= 15 is 0 Å². The van der Waals surface area contributed by atoms with Crippen molar-refractivity contribution in [3.05, 3.63) is 28.3 Å². The zero-order chi connectivity index (χ0) is 13.9. The molecule has 0 aliphatic carbocycles. The van der Waals surface area contributed by atoms with Crippen molar-refractivity contribution in [1.82, 2.24) is 4.90 Å². The number of aromatic hydroxyl groups is 1. The SMILES string of the molecule is CC(=O)c1cc(Cl)cc(CN(C)CC(C)C)c1O. The molecule has 0 aliphatic rings. The van der Waals surface area contributed by atoms with Crippen LogP contribution in [0.4, 0.5) is 0 Å². The highest BCUT2D eigenvalue weighted by Crippen LogP contribution is 2.28. The normalized spacial score (nSPS) is 11.3. The maximum Gasteiger partial charge on any atom is 0.163 e. The van der Waals surface area contributed by atoms with Crippen LogP contribution in [0.15, 0.2) is 12.1 Å². The smallest absolute Gasteiger partial charge is 0.163 e. The van der Waals surface area contributed by atoms with Crippen molar-refractivity contribution in [1.29, 1.82) is 0 Å². The number of Topliss-reactive ketones (excluding diaryl/α,β-unsaturated/α-hetero) is 1. The summed E-state index contributed by atoms with van der Waals surface area (Å²) < 4.78 is 0. The number of phenolic OH excluding ortho intramolecular Hbond substituents is 1. The van der Waals surface area contributed by atoms with Crippen LogP contribution in [0.2, 0.25) is 5.02 Å². The summed E-state index contributed by atoms with van der Waals surface area (Å²) in [4.78, 5) is 13.5. The lowest BCUT2D eigenvalue weighted by Gasteiger charge is -2.20. The van der Waals surface area contributed by atoms with Gasteiger partial charge in [-0.15, -0.1) is 0 Å². The quantitative estimate of drug-likeness (QED) is 0.834. The van der Waals surface area contributed by atoms with Crippen LogP contribution in [0.1, 0.15) is 36.7 Å². The van der Waals surface area contributed by atoms with Crippen molar-refractivity contribution in [2.24, 2.45) is 5.92 Å². The summed E-state index contributed by atoms with van der Waals surface area (Å²) >= 11 is 5.97. The van der Waals surface area contributed by atoms with Crippen LogP contribution in [0, 0.1) is 5.92 Å². The minimum Gasteiger partial charge on any atom is -0.507 e. The van der Waals surface area contributed by atoms with Gasteiger partial charge in [-0.1, -0.05) is 25.4 Å². The zero-order valence-electron chi connectivity index (χ0n) is 11.3. The molecule has 0 fully saturated rings. The average Bonchev–Trinajstić information content (AvgIpc) is 2.21. The molecule has 0 saturated carbocycles. The molecule has 0 aromatic heterocycles. The molecule has 1 rings (SSSR count). The first-order chi connectivity index (χ1) is 8.31. The van der Waals surface area contributed by atoms with E-state index in [2.05, 4.69) is 18.7 Å². The van der Waals surface area contributed by atoms with Crippen molar-refractivity contribution >= 4 is 17.4 Å². The molecule has 0 unspecified atom stereocenters. The van der Waals surface area contributed by atoms with E-state index in [1.54, 1.807) is 6.07 Å². The maximum atomic E-state index is 11.4. The van der Waals surface area contributed by atoms with Gasteiger partial charge in [-0.3, -0.25) is 4.79 Å². The number of halogens is 1. The Hall–Kier alpha value is -1.06. The van der Waals surface area contributed by atoms with Gasteiger partial charge in [0, 0.05) is 23.7 Å². The van der Waals surface area contributed by atoms with Crippen molar-refractivity contribution in [2.45, 2.75) is 27.3 Å². The van der Waals surface area contributed by atoms with Gasteiger partial charge >= 0.3 is 0 Å². The summed E-state index contributed by atoms with van der Waals surface area (Å²) in [5.41, 5.74) is 0.978. The second-order valence-corrected chi connectivity index (χ2v) is 5.54.